The number of ether oxygens (including phenoxy) is 1. The largest absolute Gasteiger partial charge is 0.444 e. The number of nitrogens with one attached hydrogen (secondary N) is 2. The van der Waals surface area contributed by atoms with Crippen LogP contribution in [0.25, 0.3) is 0 Å². The molecule has 0 aromatic carbocycles. The Labute approximate surface area is 117 Å². The molecule has 1 rings (SSSR count). The highest BCUT2D eigenvalue weighted by Gasteiger charge is 2.22. The Hall–Kier alpha value is -0.770. The van der Waals surface area contributed by atoms with Gasteiger partial charge in [-0.05, 0) is 46.5 Å². The molecule has 4 heteroatoms. The number of alkyl carbamates (subject to hydrolysis) is 1. The monoisotopic (exact) mass is 270 g/mol. The lowest BCUT2D eigenvalue weighted by atomic mass is 9.86. The molecule has 1 aliphatic rings. The first-order valence-corrected chi connectivity index (χ1v) is 7.51. The highest BCUT2D eigenvalue weighted by atomic mass is 16.6. The van der Waals surface area contributed by atoms with Crippen molar-refractivity contribution in [1.29, 1.82) is 0 Å². The van der Waals surface area contributed by atoms with Crippen LogP contribution < -0.4 is 10.6 Å². The van der Waals surface area contributed by atoms with Gasteiger partial charge in [0.15, 0.2) is 0 Å². The quantitative estimate of drug-likeness (QED) is 0.825. The molecule has 0 aromatic rings. The van der Waals surface area contributed by atoms with Crippen molar-refractivity contribution < 1.29 is 9.53 Å². The second kappa shape index (κ2) is 7.13. The van der Waals surface area contributed by atoms with E-state index in [9.17, 15) is 4.79 Å². The molecule has 0 heterocycles. The number of hydrogen-bond acceptors (Lipinski definition) is 3. The molecule has 3 unspecified atom stereocenters. The van der Waals surface area contributed by atoms with E-state index in [4.69, 9.17) is 4.74 Å². The fourth-order valence-corrected chi connectivity index (χ4v) is 2.51. The Morgan fingerprint density at radius 2 is 1.95 bits per heavy atom. The average Bonchev–Trinajstić information content (AvgIpc) is 2.25. The summed E-state index contributed by atoms with van der Waals surface area (Å²) in [6.07, 6.45) is 4.89. The summed E-state index contributed by atoms with van der Waals surface area (Å²) >= 11 is 0. The molecule has 0 aromatic heterocycles. The van der Waals surface area contributed by atoms with E-state index in [1.807, 2.05) is 27.7 Å². The number of carbonyl (C=O) groups is 1. The number of amides is 1. The van der Waals surface area contributed by atoms with Crippen molar-refractivity contribution in [2.24, 2.45) is 5.92 Å². The number of carbonyl (C=O) groups excluding carboxylic acids is 1. The summed E-state index contributed by atoms with van der Waals surface area (Å²) in [5, 5.41) is 6.44. The molecular weight excluding hydrogens is 240 g/mol. The van der Waals surface area contributed by atoms with Gasteiger partial charge in [-0.3, -0.25) is 0 Å². The van der Waals surface area contributed by atoms with E-state index >= 15 is 0 Å². The molecule has 1 amide bonds. The van der Waals surface area contributed by atoms with Crippen LogP contribution in [0.4, 0.5) is 4.79 Å². The van der Waals surface area contributed by atoms with Crippen molar-refractivity contribution in [1.82, 2.24) is 10.6 Å². The maximum absolute atomic E-state index is 11.6. The highest BCUT2D eigenvalue weighted by molar-refractivity contribution is 5.68. The second-order valence-corrected chi connectivity index (χ2v) is 6.82. The third-order valence-corrected chi connectivity index (χ3v) is 3.56. The number of hydrogen-bond donors (Lipinski definition) is 2. The van der Waals surface area contributed by atoms with Crippen LogP contribution in [-0.2, 0) is 4.74 Å². The summed E-state index contributed by atoms with van der Waals surface area (Å²) < 4.78 is 5.24. The summed E-state index contributed by atoms with van der Waals surface area (Å²) in [4.78, 5) is 11.6. The van der Waals surface area contributed by atoms with Crippen molar-refractivity contribution >= 4 is 6.09 Å². The summed E-state index contributed by atoms with van der Waals surface area (Å²) in [5.74, 6) is 0.738. The van der Waals surface area contributed by atoms with Crippen LogP contribution in [0, 0.1) is 5.92 Å². The Morgan fingerprint density at radius 1 is 1.32 bits per heavy atom. The maximum Gasteiger partial charge on any atom is 0.407 e. The van der Waals surface area contributed by atoms with Crippen LogP contribution in [0.3, 0.4) is 0 Å². The molecule has 0 aliphatic heterocycles. The van der Waals surface area contributed by atoms with Crippen molar-refractivity contribution in [2.75, 3.05) is 6.54 Å². The van der Waals surface area contributed by atoms with Gasteiger partial charge in [-0.2, -0.15) is 0 Å². The summed E-state index contributed by atoms with van der Waals surface area (Å²) in [7, 11) is 0. The van der Waals surface area contributed by atoms with Crippen molar-refractivity contribution in [2.45, 2.75) is 78.0 Å². The van der Waals surface area contributed by atoms with Crippen LogP contribution >= 0.6 is 0 Å². The van der Waals surface area contributed by atoms with Crippen LogP contribution in [0.5, 0.6) is 0 Å². The standard InChI is InChI=1S/C15H30N2O2/c1-11-8-6-7-9-13(11)16-10-12(2)17-14(18)19-15(3,4)5/h11-13,16H,6-10H2,1-5H3,(H,17,18). The van der Waals surface area contributed by atoms with E-state index < -0.39 is 5.60 Å². The maximum atomic E-state index is 11.6. The lowest BCUT2D eigenvalue weighted by molar-refractivity contribution is 0.0506. The van der Waals surface area contributed by atoms with Gasteiger partial charge in [0, 0.05) is 18.6 Å². The summed E-state index contributed by atoms with van der Waals surface area (Å²) in [6.45, 7) is 10.7. The van der Waals surface area contributed by atoms with Crippen LogP contribution in [0.1, 0.15) is 60.3 Å². The Morgan fingerprint density at radius 3 is 2.53 bits per heavy atom. The molecule has 1 aliphatic carbocycles. The van der Waals surface area contributed by atoms with Gasteiger partial charge in [0.1, 0.15) is 5.60 Å². The molecule has 2 N–H and O–H groups in total. The third kappa shape index (κ3) is 6.81. The van der Waals surface area contributed by atoms with Crippen LogP contribution in [-0.4, -0.2) is 30.3 Å². The zero-order chi connectivity index (χ0) is 14.5. The van der Waals surface area contributed by atoms with Gasteiger partial charge in [-0.15, -0.1) is 0 Å². The van der Waals surface area contributed by atoms with Gasteiger partial charge < -0.3 is 15.4 Å². The minimum absolute atomic E-state index is 0.0870. The average molecular weight is 270 g/mol. The van der Waals surface area contributed by atoms with E-state index in [-0.39, 0.29) is 12.1 Å². The first-order valence-electron chi connectivity index (χ1n) is 7.51. The van der Waals surface area contributed by atoms with Crippen LogP contribution in [0.2, 0.25) is 0 Å². The van der Waals surface area contributed by atoms with E-state index in [0.717, 1.165) is 12.5 Å². The van der Waals surface area contributed by atoms with Gasteiger partial charge in [-0.25, -0.2) is 4.79 Å². The molecule has 4 nitrogen and oxygen atoms in total. The molecule has 3 atom stereocenters. The van der Waals surface area contributed by atoms with Gasteiger partial charge in [0.2, 0.25) is 0 Å². The van der Waals surface area contributed by atoms with Gasteiger partial charge in [-0.1, -0.05) is 19.8 Å². The van der Waals surface area contributed by atoms with E-state index in [1.165, 1.54) is 25.7 Å². The molecule has 112 valence electrons. The fourth-order valence-electron chi connectivity index (χ4n) is 2.51. The zero-order valence-corrected chi connectivity index (χ0v) is 13.1. The minimum Gasteiger partial charge on any atom is -0.444 e. The topological polar surface area (TPSA) is 50.4 Å². The molecule has 0 spiro atoms. The second-order valence-electron chi connectivity index (χ2n) is 6.82. The minimum atomic E-state index is -0.435. The normalized spacial score (nSPS) is 25.7. The first kappa shape index (κ1) is 16.3. The van der Waals surface area contributed by atoms with Crippen molar-refractivity contribution in [3.8, 4) is 0 Å². The molecular formula is C15H30N2O2. The fraction of sp³-hybridized carbons (Fsp3) is 0.933. The molecule has 0 bridgehead atoms. The molecule has 1 saturated carbocycles. The van der Waals surface area contributed by atoms with Crippen molar-refractivity contribution in [3.63, 3.8) is 0 Å². The Kier molecular flexibility index (Phi) is 6.11. The third-order valence-electron chi connectivity index (χ3n) is 3.56. The molecule has 19 heavy (non-hydrogen) atoms. The lowest BCUT2D eigenvalue weighted by Gasteiger charge is -2.31. The van der Waals surface area contributed by atoms with E-state index in [0.29, 0.717) is 6.04 Å². The predicted octanol–water partition coefficient (Wildman–Crippen LogP) is 3.07. The van der Waals surface area contributed by atoms with Gasteiger partial charge >= 0.3 is 6.09 Å². The zero-order valence-electron chi connectivity index (χ0n) is 13.1. The first-order chi connectivity index (χ1) is 8.78. The van der Waals surface area contributed by atoms with Gasteiger partial charge in [0.25, 0.3) is 0 Å². The molecule has 1 fully saturated rings. The predicted molar refractivity (Wildman–Crippen MR) is 78.3 cm³/mol. The summed E-state index contributed by atoms with van der Waals surface area (Å²) in [5.41, 5.74) is -0.435. The Bertz CT molecular complexity index is 286. The van der Waals surface area contributed by atoms with E-state index in [1.54, 1.807) is 0 Å². The van der Waals surface area contributed by atoms with Gasteiger partial charge in [0.05, 0.1) is 0 Å². The highest BCUT2D eigenvalue weighted by Crippen LogP contribution is 2.23. The lowest BCUT2D eigenvalue weighted by Crippen LogP contribution is -2.47. The smallest absolute Gasteiger partial charge is 0.407 e. The SMILES string of the molecule is CC(CNC1CCCCC1C)NC(=O)OC(C)(C)C. The number of rotatable bonds is 4. The summed E-state index contributed by atoms with van der Waals surface area (Å²) in [6, 6.07) is 0.681. The molecule has 0 saturated heterocycles. The van der Waals surface area contributed by atoms with Crippen LogP contribution in [0.15, 0.2) is 0 Å². The van der Waals surface area contributed by atoms with Crippen molar-refractivity contribution in [3.05, 3.63) is 0 Å². The molecule has 0 radical (unpaired) electrons. The van der Waals surface area contributed by atoms with E-state index in [2.05, 4.69) is 17.6 Å². The Balaban J connectivity index is 2.23.